The molecule has 0 saturated heterocycles. The van der Waals surface area contributed by atoms with Gasteiger partial charge >= 0.3 is 5.92 Å². The summed E-state index contributed by atoms with van der Waals surface area (Å²) in [5, 5.41) is 0. The molecule has 1 fully saturated rings. The maximum absolute atomic E-state index is 12.6. The van der Waals surface area contributed by atoms with Gasteiger partial charge < -0.3 is 0 Å². The molecule has 1 aliphatic rings. The van der Waals surface area contributed by atoms with E-state index in [1.54, 1.807) is 0 Å². The molecule has 2 nitrogen and oxygen atoms in total. The monoisotopic (exact) mass is 232 g/mol. The molecule has 0 aromatic rings. The molecule has 1 aliphatic carbocycles. The Morgan fingerprint density at radius 1 is 1.19 bits per heavy atom. The van der Waals surface area contributed by atoms with Crippen LogP contribution in [0.3, 0.4) is 0 Å². The molecule has 16 heavy (non-hydrogen) atoms. The molecule has 92 valence electrons. The molecule has 1 rings (SSSR count). The highest BCUT2D eigenvalue weighted by Crippen LogP contribution is 2.27. The summed E-state index contributed by atoms with van der Waals surface area (Å²) in [6.07, 6.45) is 5.06. The van der Waals surface area contributed by atoms with Crippen molar-refractivity contribution >= 4 is 11.6 Å². The van der Waals surface area contributed by atoms with E-state index in [-0.39, 0.29) is 5.78 Å². The minimum absolute atomic E-state index is 0.293. The predicted molar refractivity (Wildman–Crippen MR) is 56.4 cm³/mol. The van der Waals surface area contributed by atoms with E-state index < -0.39 is 18.1 Å². The van der Waals surface area contributed by atoms with Crippen molar-refractivity contribution in [1.29, 1.82) is 0 Å². The van der Waals surface area contributed by atoms with Gasteiger partial charge in [-0.3, -0.25) is 9.59 Å². The van der Waals surface area contributed by atoms with Gasteiger partial charge in [0, 0.05) is 13.3 Å². The molecule has 0 aromatic heterocycles. The molecular formula is C12H18F2O2. The second-order valence-electron chi connectivity index (χ2n) is 4.74. The maximum atomic E-state index is 12.6. The summed E-state index contributed by atoms with van der Waals surface area (Å²) in [6, 6.07) is 0. The average molecular weight is 232 g/mol. The van der Waals surface area contributed by atoms with Crippen molar-refractivity contribution in [3.05, 3.63) is 0 Å². The van der Waals surface area contributed by atoms with Crippen molar-refractivity contribution in [1.82, 2.24) is 0 Å². The molecular weight excluding hydrogens is 214 g/mol. The molecule has 0 amide bonds. The van der Waals surface area contributed by atoms with E-state index in [0.29, 0.717) is 19.3 Å². The third kappa shape index (κ3) is 4.37. The maximum Gasteiger partial charge on any atom is 0.302 e. The first-order valence-corrected chi connectivity index (χ1v) is 5.82. The van der Waals surface area contributed by atoms with E-state index >= 15 is 0 Å². The molecule has 0 radical (unpaired) electrons. The lowest BCUT2D eigenvalue weighted by atomic mass is 9.85. The van der Waals surface area contributed by atoms with Crippen LogP contribution in [0.25, 0.3) is 0 Å². The fourth-order valence-electron chi connectivity index (χ4n) is 2.12. The fraction of sp³-hybridized carbons (Fsp3) is 0.833. The van der Waals surface area contributed by atoms with Crippen LogP contribution >= 0.6 is 0 Å². The van der Waals surface area contributed by atoms with Crippen molar-refractivity contribution in [2.45, 2.75) is 57.8 Å². The Bertz CT molecular complexity index is 263. The average Bonchev–Trinajstić information content (AvgIpc) is 2.17. The van der Waals surface area contributed by atoms with Crippen LogP contribution in [0.4, 0.5) is 8.78 Å². The Labute approximate surface area is 94.4 Å². The zero-order chi connectivity index (χ0) is 12.2. The molecule has 0 aliphatic heterocycles. The number of alkyl halides is 2. The zero-order valence-electron chi connectivity index (χ0n) is 9.60. The molecule has 0 heterocycles. The lowest BCUT2D eigenvalue weighted by Crippen LogP contribution is -2.27. The van der Waals surface area contributed by atoms with Crippen molar-refractivity contribution in [2.75, 3.05) is 0 Å². The molecule has 0 aromatic carbocycles. The topological polar surface area (TPSA) is 34.1 Å². The van der Waals surface area contributed by atoms with Gasteiger partial charge in [-0.05, 0) is 5.92 Å². The zero-order valence-corrected chi connectivity index (χ0v) is 9.60. The number of Topliss-reactive ketones (excluding diaryl/α,β-unsaturated/α-hetero) is 2. The van der Waals surface area contributed by atoms with E-state index in [1.165, 1.54) is 6.42 Å². The summed E-state index contributed by atoms with van der Waals surface area (Å²) in [4.78, 5) is 22.4. The van der Waals surface area contributed by atoms with Crippen molar-refractivity contribution in [3.8, 4) is 0 Å². The Morgan fingerprint density at radius 2 is 1.75 bits per heavy atom. The summed E-state index contributed by atoms with van der Waals surface area (Å²) < 4.78 is 25.1. The van der Waals surface area contributed by atoms with Crippen LogP contribution in [-0.4, -0.2) is 17.5 Å². The van der Waals surface area contributed by atoms with Gasteiger partial charge in [0.1, 0.15) is 5.78 Å². The largest absolute Gasteiger partial charge is 0.302 e. The van der Waals surface area contributed by atoms with Crippen LogP contribution in [0.2, 0.25) is 0 Å². The fourth-order valence-corrected chi connectivity index (χ4v) is 2.12. The SMILES string of the molecule is CC(F)(F)C(=O)CC(=O)CC1CCCCC1. The lowest BCUT2D eigenvalue weighted by molar-refractivity contribution is -0.143. The number of ketones is 2. The van der Waals surface area contributed by atoms with Gasteiger partial charge in [0.2, 0.25) is 5.78 Å². The van der Waals surface area contributed by atoms with Gasteiger partial charge in [0.25, 0.3) is 0 Å². The first-order valence-electron chi connectivity index (χ1n) is 5.82. The molecule has 0 atom stereocenters. The summed E-state index contributed by atoms with van der Waals surface area (Å²) in [6.45, 7) is 0.545. The Morgan fingerprint density at radius 3 is 2.25 bits per heavy atom. The van der Waals surface area contributed by atoms with E-state index in [4.69, 9.17) is 0 Å². The molecule has 0 bridgehead atoms. The quantitative estimate of drug-likeness (QED) is 0.682. The van der Waals surface area contributed by atoms with Gasteiger partial charge in [0.15, 0.2) is 0 Å². The summed E-state index contributed by atoms with van der Waals surface area (Å²) >= 11 is 0. The number of carbonyl (C=O) groups excluding carboxylic acids is 2. The highest BCUT2D eigenvalue weighted by Gasteiger charge is 2.33. The third-order valence-corrected chi connectivity index (χ3v) is 3.09. The number of halogens is 2. The van der Waals surface area contributed by atoms with Gasteiger partial charge in [-0.1, -0.05) is 32.1 Å². The van der Waals surface area contributed by atoms with Crippen LogP contribution in [0, 0.1) is 5.92 Å². The molecule has 0 unspecified atom stereocenters. The van der Waals surface area contributed by atoms with E-state index in [0.717, 1.165) is 25.7 Å². The van der Waals surface area contributed by atoms with E-state index in [9.17, 15) is 18.4 Å². The molecule has 0 N–H and O–H groups in total. The number of hydrogen-bond acceptors (Lipinski definition) is 2. The van der Waals surface area contributed by atoms with Gasteiger partial charge in [-0.2, -0.15) is 8.78 Å². The molecule has 4 heteroatoms. The summed E-state index contributed by atoms with van der Waals surface area (Å²) in [5.41, 5.74) is 0. The number of rotatable bonds is 5. The lowest BCUT2D eigenvalue weighted by Gasteiger charge is -2.20. The van der Waals surface area contributed by atoms with Crippen molar-refractivity contribution in [2.24, 2.45) is 5.92 Å². The van der Waals surface area contributed by atoms with E-state index in [1.807, 2.05) is 0 Å². The van der Waals surface area contributed by atoms with Gasteiger partial charge in [0.05, 0.1) is 6.42 Å². The predicted octanol–water partition coefficient (Wildman–Crippen LogP) is 3.14. The van der Waals surface area contributed by atoms with E-state index in [2.05, 4.69) is 0 Å². The highest BCUT2D eigenvalue weighted by molar-refractivity contribution is 6.02. The second-order valence-corrected chi connectivity index (χ2v) is 4.74. The van der Waals surface area contributed by atoms with Crippen molar-refractivity contribution < 1.29 is 18.4 Å². The highest BCUT2D eigenvalue weighted by atomic mass is 19.3. The van der Waals surface area contributed by atoms with Crippen LogP contribution in [0.1, 0.15) is 51.9 Å². The Balaban J connectivity index is 2.32. The number of carbonyl (C=O) groups is 2. The van der Waals surface area contributed by atoms with Crippen molar-refractivity contribution in [3.63, 3.8) is 0 Å². The van der Waals surface area contributed by atoms with Crippen LogP contribution in [-0.2, 0) is 9.59 Å². The molecule has 1 saturated carbocycles. The third-order valence-electron chi connectivity index (χ3n) is 3.09. The first kappa shape index (κ1) is 13.3. The smallest absolute Gasteiger partial charge is 0.299 e. The first-order chi connectivity index (χ1) is 7.39. The summed E-state index contributed by atoms with van der Waals surface area (Å²) in [5.74, 6) is -4.66. The van der Waals surface area contributed by atoms with Crippen LogP contribution in [0.5, 0.6) is 0 Å². The normalized spacial score (nSPS) is 18.4. The second kappa shape index (κ2) is 5.51. The Hall–Kier alpha value is -0.800. The van der Waals surface area contributed by atoms with Crippen LogP contribution < -0.4 is 0 Å². The minimum atomic E-state index is -3.37. The minimum Gasteiger partial charge on any atom is -0.299 e. The number of hydrogen-bond donors (Lipinski definition) is 0. The van der Waals surface area contributed by atoms with Gasteiger partial charge in [-0.25, -0.2) is 0 Å². The van der Waals surface area contributed by atoms with Crippen LogP contribution in [0.15, 0.2) is 0 Å². The van der Waals surface area contributed by atoms with Gasteiger partial charge in [-0.15, -0.1) is 0 Å². The standard InChI is InChI=1S/C12H18F2O2/c1-12(13,14)11(16)8-10(15)7-9-5-3-2-4-6-9/h9H,2-8H2,1H3. The summed E-state index contributed by atoms with van der Waals surface area (Å²) in [7, 11) is 0. The Kier molecular flexibility index (Phi) is 4.56. The molecule has 0 spiro atoms.